The highest BCUT2D eigenvalue weighted by Gasteiger charge is 2.30. The second kappa shape index (κ2) is 7.29. The van der Waals surface area contributed by atoms with Gasteiger partial charge in [-0.1, -0.05) is 13.3 Å². The zero-order valence-corrected chi connectivity index (χ0v) is 14.9. The van der Waals surface area contributed by atoms with Gasteiger partial charge in [0.1, 0.15) is 22.7 Å². The minimum Gasteiger partial charge on any atom is -0.497 e. The van der Waals surface area contributed by atoms with Crippen molar-refractivity contribution in [2.45, 2.75) is 51.0 Å². The second-order valence-corrected chi connectivity index (χ2v) is 8.23. The quantitative estimate of drug-likeness (QED) is 0.739. The molecule has 0 unspecified atom stereocenters. The first-order valence-electron chi connectivity index (χ1n) is 7.35. The van der Waals surface area contributed by atoms with Gasteiger partial charge in [0.25, 0.3) is 0 Å². The third-order valence-corrected chi connectivity index (χ3v) is 4.79. The Morgan fingerprint density at radius 3 is 2.35 bits per heavy atom. The van der Waals surface area contributed by atoms with Gasteiger partial charge in [-0.25, -0.2) is 17.6 Å². The van der Waals surface area contributed by atoms with Crippen molar-refractivity contribution in [3.05, 3.63) is 23.5 Å². The van der Waals surface area contributed by atoms with Gasteiger partial charge < -0.3 is 9.47 Å². The first kappa shape index (κ1) is 19.4. The van der Waals surface area contributed by atoms with E-state index in [1.165, 1.54) is 7.11 Å². The SMILES string of the molecule is CCCCS(=O)(=O)c1cc(OC)cc(F)c1C(=O)OC(C)(C)C. The predicted octanol–water partition coefficient (Wildman–Crippen LogP) is 3.36. The summed E-state index contributed by atoms with van der Waals surface area (Å²) in [5.41, 5.74) is -1.44. The summed E-state index contributed by atoms with van der Waals surface area (Å²) in [5, 5.41) is 0. The van der Waals surface area contributed by atoms with E-state index in [0.29, 0.717) is 12.8 Å². The summed E-state index contributed by atoms with van der Waals surface area (Å²) in [6, 6.07) is 2.13. The van der Waals surface area contributed by atoms with Crippen LogP contribution in [-0.2, 0) is 14.6 Å². The van der Waals surface area contributed by atoms with Crippen molar-refractivity contribution in [1.29, 1.82) is 0 Å². The number of carbonyl (C=O) groups excluding carboxylic acids is 1. The number of hydrogen-bond donors (Lipinski definition) is 0. The van der Waals surface area contributed by atoms with Gasteiger partial charge in [0.05, 0.1) is 17.8 Å². The maximum Gasteiger partial charge on any atom is 0.342 e. The fraction of sp³-hybridized carbons (Fsp3) is 0.562. The van der Waals surface area contributed by atoms with Crippen molar-refractivity contribution in [2.24, 2.45) is 0 Å². The summed E-state index contributed by atoms with van der Waals surface area (Å²) >= 11 is 0. The topological polar surface area (TPSA) is 69.7 Å². The first-order chi connectivity index (χ1) is 10.5. The van der Waals surface area contributed by atoms with Gasteiger partial charge in [0, 0.05) is 6.07 Å². The number of unbranched alkanes of at least 4 members (excludes halogenated alkanes) is 1. The van der Waals surface area contributed by atoms with Gasteiger partial charge in [-0.3, -0.25) is 0 Å². The number of benzene rings is 1. The lowest BCUT2D eigenvalue weighted by atomic mass is 10.1. The zero-order valence-electron chi connectivity index (χ0n) is 14.1. The molecular weight excluding hydrogens is 323 g/mol. The zero-order chi connectivity index (χ0) is 17.8. The molecule has 5 nitrogen and oxygen atoms in total. The van der Waals surface area contributed by atoms with Gasteiger partial charge in [0.15, 0.2) is 9.84 Å². The highest BCUT2D eigenvalue weighted by molar-refractivity contribution is 7.91. The molecule has 1 aromatic rings. The van der Waals surface area contributed by atoms with Crippen LogP contribution in [0.1, 0.15) is 50.9 Å². The minimum absolute atomic E-state index is 0.0323. The van der Waals surface area contributed by atoms with Gasteiger partial charge in [-0.05, 0) is 33.3 Å². The Bertz CT molecular complexity index is 674. The van der Waals surface area contributed by atoms with E-state index in [1.54, 1.807) is 20.8 Å². The predicted molar refractivity (Wildman–Crippen MR) is 85.1 cm³/mol. The fourth-order valence-corrected chi connectivity index (χ4v) is 3.57. The second-order valence-electron chi connectivity index (χ2n) is 6.16. The lowest BCUT2D eigenvalue weighted by Crippen LogP contribution is -2.26. The van der Waals surface area contributed by atoms with Crippen LogP contribution in [0.25, 0.3) is 0 Å². The molecule has 0 heterocycles. The Morgan fingerprint density at radius 2 is 1.87 bits per heavy atom. The van der Waals surface area contributed by atoms with Crippen LogP contribution in [0.2, 0.25) is 0 Å². The normalized spacial score (nSPS) is 12.1. The highest BCUT2D eigenvalue weighted by atomic mass is 32.2. The third-order valence-electron chi connectivity index (χ3n) is 2.97. The van der Waals surface area contributed by atoms with Crippen LogP contribution in [0, 0.1) is 5.82 Å². The van der Waals surface area contributed by atoms with Crippen molar-refractivity contribution < 1.29 is 27.1 Å². The molecule has 0 saturated heterocycles. The van der Waals surface area contributed by atoms with Crippen molar-refractivity contribution >= 4 is 15.8 Å². The van der Waals surface area contributed by atoms with Crippen LogP contribution >= 0.6 is 0 Å². The largest absolute Gasteiger partial charge is 0.497 e. The number of methoxy groups -OCH3 is 1. The average Bonchev–Trinajstić information content (AvgIpc) is 2.42. The van der Waals surface area contributed by atoms with Crippen LogP contribution in [0.15, 0.2) is 17.0 Å². The maximum atomic E-state index is 14.3. The number of halogens is 1. The standard InChI is InChI=1S/C16H23FO5S/c1-6-7-8-23(19,20)13-10-11(21-5)9-12(17)14(13)15(18)22-16(2,3)4/h9-10H,6-8H2,1-5H3. The number of rotatable bonds is 6. The van der Waals surface area contributed by atoms with Crippen LogP contribution in [-0.4, -0.2) is 32.9 Å². The van der Waals surface area contributed by atoms with Gasteiger partial charge >= 0.3 is 5.97 Å². The van der Waals surface area contributed by atoms with Crippen LogP contribution in [0.3, 0.4) is 0 Å². The molecule has 0 amide bonds. The smallest absolute Gasteiger partial charge is 0.342 e. The Balaban J connectivity index is 3.47. The molecule has 0 bridgehead atoms. The molecule has 7 heteroatoms. The van der Waals surface area contributed by atoms with Crippen molar-refractivity contribution in [3.63, 3.8) is 0 Å². The van der Waals surface area contributed by atoms with Crippen LogP contribution in [0.5, 0.6) is 5.75 Å². The molecule has 1 aromatic carbocycles. The average molecular weight is 346 g/mol. The van der Waals surface area contributed by atoms with E-state index in [9.17, 15) is 17.6 Å². The summed E-state index contributed by atoms with van der Waals surface area (Å²) in [4.78, 5) is 11.9. The Hall–Kier alpha value is -1.63. The molecule has 0 saturated carbocycles. The third kappa shape index (κ3) is 5.20. The molecule has 23 heavy (non-hydrogen) atoms. The summed E-state index contributed by atoms with van der Waals surface area (Å²) in [7, 11) is -2.53. The number of esters is 1. The fourth-order valence-electron chi connectivity index (χ4n) is 1.89. The number of hydrogen-bond acceptors (Lipinski definition) is 5. The number of sulfone groups is 1. The molecule has 0 atom stereocenters. The lowest BCUT2D eigenvalue weighted by Gasteiger charge is -2.21. The Labute approximate surface area is 136 Å². The van der Waals surface area contributed by atoms with Crippen LogP contribution < -0.4 is 4.74 Å². The molecule has 0 aromatic heterocycles. The van der Waals surface area contributed by atoms with Crippen molar-refractivity contribution in [1.82, 2.24) is 0 Å². The van der Waals surface area contributed by atoms with E-state index in [0.717, 1.165) is 12.1 Å². The summed E-state index contributed by atoms with van der Waals surface area (Å²) in [6.45, 7) is 6.71. The van der Waals surface area contributed by atoms with E-state index < -0.39 is 37.7 Å². The molecule has 0 radical (unpaired) electrons. The lowest BCUT2D eigenvalue weighted by molar-refractivity contribution is 0.00599. The Morgan fingerprint density at radius 1 is 1.26 bits per heavy atom. The van der Waals surface area contributed by atoms with E-state index in [1.807, 2.05) is 6.92 Å². The van der Waals surface area contributed by atoms with E-state index in [-0.39, 0.29) is 11.5 Å². The molecule has 0 aliphatic heterocycles. The molecule has 0 spiro atoms. The van der Waals surface area contributed by atoms with Crippen molar-refractivity contribution in [2.75, 3.05) is 12.9 Å². The van der Waals surface area contributed by atoms with Gasteiger partial charge in [0.2, 0.25) is 0 Å². The van der Waals surface area contributed by atoms with Crippen LogP contribution in [0.4, 0.5) is 4.39 Å². The molecular formula is C16H23FO5S. The van der Waals surface area contributed by atoms with E-state index in [2.05, 4.69) is 0 Å². The van der Waals surface area contributed by atoms with Gasteiger partial charge in [-0.2, -0.15) is 0 Å². The van der Waals surface area contributed by atoms with Crippen molar-refractivity contribution in [3.8, 4) is 5.75 Å². The molecule has 0 aliphatic rings. The number of ether oxygens (including phenoxy) is 2. The molecule has 0 N–H and O–H groups in total. The molecule has 0 aliphatic carbocycles. The molecule has 130 valence electrons. The number of carbonyl (C=O) groups is 1. The van der Waals surface area contributed by atoms with E-state index >= 15 is 0 Å². The summed E-state index contributed by atoms with van der Waals surface area (Å²) < 4.78 is 49.3. The monoisotopic (exact) mass is 346 g/mol. The summed E-state index contributed by atoms with van der Waals surface area (Å²) in [5.74, 6) is -2.13. The highest BCUT2D eigenvalue weighted by Crippen LogP contribution is 2.28. The summed E-state index contributed by atoms with van der Waals surface area (Å²) in [6.07, 6.45) is 1.07. The minimum atomic E-state index is -3.83. The molecule has 0 fully saturated rings. The first-order valence-corrected chi connectivity index (χ1v) is 9.00. The molecule has 1 rings (SSSR count). The van der Waals surface area contributed by atoms with Gasteiger partial charge in [-0.15, -0.1) is 0 Å². The maximum absolute atomic E-state index is 14.3. The van der Waals surface area contributed by atoms with E-state index in [4.69, 9.17) is 9.47 Å². The Kier molecular flexibility index (Phi) is 6.16.